The van der Waals surface area contributed by atoms with Crippen LogP contribution in [0.15, 0.2) is 59.4 Å². The van der Waals surface area contributed by atoms with E-state index < -0.39 is 47.8 Å². The maximum absolute atomic E-state index is 13.1. The Kier molecular flexibility index (Phi) is 7.13. The lowest BCUT2D eigenvalue weighted by atomic mass is 10.1. The van der Waals surface area contributed by atoms with Gasteiger partial charge in [-0.1, -0.05) is 35.9 Å². The van der Waals surface area contributed by atoms with Crippen LogP contribution in [0.25, 0.3) is 16.9 Å². The van der Waals surface area contributed by atoms with Gasteiger partial charge in [-0.25, -0.2) is 8.78 Å². The molecule has 0 bridgehead atoms. The molecule has 2 aromatic carbocycles. The average Bonchev–Trinajstić information content (AvgIpc) is 2.77. The summed E-state index contributed by atoms with van der Waals surface area (Å²) >= 11 is 5.86. The summed E-state index contributed by atoms with van der Waals surface area (Å²) in [6.45, 7) is -1.19. The third-order valence-electron chi connectivity index (χ3n) is 4.50. The first kappa shape index (κ1) is 24.3. The molecule has 33 heavy (non-hydrogen) atoms. The summed E-state index contributed by atoms with van der Waals surface area (Å²) in [4.78, 5) is 25.4. The van der Waals surface area contributed by atoms with Crippen molar-refractivity contribution in [3.8, 4) is 16.9 Å². The minimum absolute atomic E-state index is 0.0511. The average molecular weight is 488 g/mol. The van der Waals surface area contributed by atoms with Crippen LogP contribution in [0.3, 0.4) is 0 Å². The molecule has 1 heterocycles. The predicted octanol–water partition coefficient (Wildman–Crippen LogP) is 4.14. The Hall–Kier alpha value is -3.31. The number of carbonyl (C=O) groups excluding carboxylic acids is 1. The van der Waals surface area contributed by atoms with Crippen LogP contribution in [0, 0.1) is 0 Å². The van der Waals surface area contributed by atoms with Crippen molar-refractivity contribution >= 4 is 17.5 Å². The van der Waals surface area contributed by atoms with Gasteiger partial charge in [-0.2, -0.15) is 23.0 Å². The zero-order chi connectivity index (χ0) is 24.3. The van der Waals surface area contributed by atoms with Crippen LogP contribution in [0.1, 0.15) is 22.3 Å². The van der Waals surface area contributed by atoms with Crippen molar-refractivity contribution in [3.05, 3.63) is 81.1 Å². The normalized spacial score (nSPS) is 12.6. The van der Waals surface area contributed by atoms with E-state index in [1.165, 1.54) is 36.4 Å². The van der Waals surface area contributed by atoms with Crippen LogP contribution >= 0.6 is 11.6 Å². The number of amides is 1. The molecule has 0 spiro atoms. The third kappa shape index (κ3) is 5.74. The molecule has 3 aromatic rings. The summed E-state index contributed by atoms with van der Waals surface area (Å²) in [6, 6.07) is 11.8. The number of benzene rings is 2. The topological polar surface area (TPSA) is 84.2 Å². The van der Waals surface area contributed by atoms with E-state index in [1.807, 2.05) is 5.32 Å². The summed E-state index contributed by atoms with van der Waals surface area (Å²) in [5.74, 6) is -1.21. The number of aromatic nitrogens is 2. The van der Waals surface area contributed by atoms with Gasteiger partial charge in [0.05, 0.1) is 17.9 Å². The van der Waals surface area contributed by atoms with E-state index in [0.29, 0.717) is 15.3 Å². The van der Waals surface area contributed by atoms with E-state index in [2.05, 4.69) is 5.10 Å². The Balaban J connectivity index is 2.10. The number of carbonyl (C=O) groups is 1. The standard InChI is InChI=1S/C21H15ClF5N3O3/c22-13-6-4-11(5-7-13)16-9-15(19(32)28-10-17(31)21(25,26)27)20(33)30(29-16)14-3-1-2-12(8-14)18(23)24/h1-9,17-18,31H,10H2,(H,28,32). The second-order valence-corrected chi connectivity index (χ2v) is 7.27. The number of alkyl halides is 5. The number of nitrogens with one attached hydrogen (secondary N) is 1. The van der Waals surface area contributed by atoms with Gasteiger partial charge in [0.15, 0.2) is 6.10 Å². The summed E-state index contributed by atoms with van der Waals surface area (Å²) in [7, 11) is 0. The zero-order valence-corrected chi connectivity index (χ0v) is 17.2. The Morgan fingerprint density at radius 3 is 2.39 bits per heavy atom. The molecular formula is C21H15ClF5N3O3. The van der Waals surface area contributed by atoms with Crippen molar-refractivity contribution in [2.24, 2.45) is 0 Å². The summed E-state index contributed by atoms with van der Waals surface area (Å²) in [5.41, 5.74) is -1.71. The highest BCUT2D eigenvalue weighted by Gasteiger charge is 2.38. The van der Waals surface area contributed by atoms with Crippen LogP contribution in [0.2, 0.25) is 5.02 Å². The highest BCUT2D eigenvalue weighted by atomic mass is 35.5. The molecule has 0 saturated carbocycles. The van der Waals surface area contributed by atoms with Gasteiger partial charge in [0, 0.05) is 16.1 Å². The molecule has 0 saturated heterocycles. The van der Waals surface area contributed by atoms with Gasteiger partial charge >= 0.3 is 6.18 Å². The van der Waals surface area contributed by atoms with Crippen molar-refractivity contribution < 1.29 is 31.9 Å². The maximum atomic E-state index is 13.1. The third-order valence-corrected chi connectivity index (χ3v) is 4.75. The molecule has 12 heteroatoms. The highest BCUT2D eigenvalue weighted by molar-refractivity contribution is 6.30. The first-order chi connectivity index (χ1) is 15.5. The Labute approximate surface area is 188 Å². The first-order valence-electron chi connectivity index (χ1n) is 9.29. The maximum Gasteiger partial charge on any atom is 0.416 e. The number of aliphatic hydroxyl groups is 1. The molecule has 6 nitrogen and oxygen atoms in total. The van der Waals surface area contributed by atoms with E-state index in [1.54, 1.807) is 0 Å². The van der Waals surface area contributed by atoms with Gasteiger partial charge < -0.3 is 10.4 Å². The van der Waals surface area contributed by atoms with E-state index >= 15 is 0 Å². The highest BCUT2D eigenvalue weighted by Crippen LogP contribution is 2.23. The van der Waals surface area contributed by atoms with Gasteiger partial charge in [0.2, 0.25) is 0 Å². The van der Waals surface area contributed by atoms with E-state index in [0.717, 1.165) is 18.2 Å². The fourth-order valence-corrected chi connectivity index (χ4v) is 2.91. The fourth-order valence-electron chi connectivity index (χ4n) is 2.79. The molecule has 0 aliphatic heterocycles. The lowest BCUT2D eigenvalue weighted by Crippen LogP contribution is -2.42. The van der Waals surface area contributed by atoms with Gasteiger partial charge in [0.1, 0.15) is 5.56 Å². The van der Waals surface area contributed by atoms with E-state index in [-0.39, 0.29) is 11.4 Å². The zero-order valence-electron chi connectivity index (χ0n) is 16.5. The largest absolute Gasteiger partial charge is 0.416 e. The van der Waals surface area contributed by atoms with Crippen LogP contribution in [-0.4, -0.2) is 39.6 Å². The molecular weight excluding hydrogens is 473 g/mol. The van der Waals surface area contributed by atoms with Gasteiger partial charge in [-0.05, 0) is 30.3 Å². The lowest BCUT2D eigenvalue weighted by molar-refractivity contribution is -0.201. The van der Waals surface area contributed by atoms with Crippen LogP contribution in [0.4, 0.5) is 22.0 Å². The van der Waals surface area contributed by atoms with Crippen molar-refractivity contribution in [2.75, 3.05) is 6.54 Å². The number of aliphatic hydroxyl groups excluding tert-OH is 1. The molecule has 0 fully saturated rings. The minimum Gasteiger partial charge on any atom is -0.382 e. The monoisotopic (exact) mass is 487 g/mol. The van der Waals surface area contributed by atoms with Crippen LogP contribution in [0.5, 0.6) is 0 Å². The molecule has 174 valence electrons. The molecule has 3 rings (SSSR count). The fraction of sp³-hybridized carbons (Fsp3) is 0.190. The SMILES string of the molecule is O=C(NCC(O)C(F)(F)F)c1cc(-c2ccc(Cl)cc2)nn(-c2cccc(C(F)F)c2)c1=O. The molecule has 1 amide bonds. The Morgan fingerprint density at radius 1 is 1.12 bits per heavy atom. The van der Waals surface area contributed by atoms with Gasteiger partial charge in [-0.3, -0.25) is 9.59 Å². The summed E-state index contributed by atoms with van der Waals surface area (Å²) < 4.78 is 64.6. The van der Waals surface area contributed by atoms with E-state index in [9.17, 15) is 31.5 Å². The predicted molar refractivity (Wildman–Crippen MR) is 110 cm³/mol. The van der Waals surface area contributed by atoms with Crippen LogP contribution in [-0.2, 0) is 0 Å². The molecule has 1 aromatic heterocycles. The lowest BCUT2D eigenvalue weighted by Gasteiger charge is -2.16. The van der Waals surface area contributed by atoms with Crippen molar-refractivity contribution in [1.82, 2.24) is 15.1 Å². The Morgan fingerprint density at radius 2 is 1.79 bits per heavy atom. The Bertz CT molecular complexity index is 1210. The first-order valence-corrected chi connectivity index (χ1v) is 9.67. The number of nitrogens with zero attached hydrogens (tertiary/aromatic N) is 2. The summed E-state index contributed by atoms with van der Waals surface area (Å²) in [6.07, 6.45) is -10.7. The van der Waals surface area contributed by atoms with Crippen LogP contribution < -0.4 is 10.9 Å². The number of rotatable bonds is 6. The van der Waals surface area contributed by atoms with Crippen molar-refractivity contribution in [2.45, 2.75) is 18.7 Å². The number of hydrogen-bond donors (Lipinski definition) is 2. The van der Waals surface area contributed by atoms with Gasteiger partial charge in [0.25, 0.3) is 17.9 Å². The minimum atomic E-state index is -4.98. The molecule has 1 unspecified atom stereocenters. The van der Waals surface area contributed by atoms with Gasteiger partial charge in [-0.15, -0.1) is 0 Å². The summed E-state index contributed by atoms with van der Waals surface area (Å²) in [5, 5.41) is 15.5. The second-order valence-electron chi connectivity index (χ2n) is 6.83. The smallest absolute Gasteiger partial charge is 0.382 e. The molecule has 0 aliphatic carbocycles. The molecule has 0 aliphatic rings. The second kappa shape index (κ2) is 9.67. The number of hydrogen-bond acceptors (Lipinski definition) is 4. The van der Waals surface area contributed by atoms with E-state index in [4.69, 9.17) is 16.7 Å². The molecule has 2 N–H and O–H groups in total. The molecule has 1 atom stereocenters. The quantitative estimate of drug-likeness (QED) is 0.512. The number of halogens is 6. The molecule has 0 radical (unpaired) electrons. The van der Waals surface area contributed by atoms with Crippen molar-refractivity contribution in [1.29, 1.82) is 0 Å². The van der Waals surface area contributed by atoms with Crippen molar-refractivity contribution in [3.63, 3.8) is 0 Å².